The van der Waals surface area contributed by atoms with Crippen molar-refractivity contribution in [1.82, 2.24) is 14.6 Å². The van der Waals surface area contributed by atoms with Crippen molar-refractivity contribution in [3.8, 4) is 0 Å². The number of hydrogen-bond acceptors (Lipinski definition) is 6. The van der Waals surface area contributed by atoms with Crippen LogP contribution < -0.4 is 0 Å². The Bertz CT molecular complexity index is 627. The van der Waals surface area contributed by atoms with E-state index in [1.165, 1.54) is 11.5 Å². The number of rotatable bonds is 3. The third-order valence-corrected chi connectivity index (χ3v) is 3.84. The van der Waals surface area contributed by atoms with Gasteiger partial charge in [0.05, 0.1) is 16.6 Å². The summed E-state index contributed by atoms with van der Waals surface area (Å²) in [6, 6.07) is 7.87. The molecule has 0 aliphatic carbocycles. The Kier molecular flexibility index (Phi) is 2.66. The van der Waals surface area contributed by atoms with Gasteiger partial charge in [-0.3, -0.25) is 4.79 Å². The molecule has 0 N–H and O–H groups in total. The normalized spacial score (nSPS) is 10.8. The molecule has 0 spiro atoms. The molecule has 84 valence electrons. The molecule has 3 aromatic rings. The summed E-state index contributed by atoms with van der Waals surface area (Å²) >= 11 is 2.73. The molecule has 6 heteroatoms. The van der Waals surface area contributed by atoms with Crippen molar-refractivity contribution in [2.24, 2.45) is 0 Å². The molecule has 0 aliphatic rings. The van der Waals surface area contributed by atoms with E-state index in [9.17, 15) is 4.79 Å². The molecular weight excluding hydrogens is 254 g/mol. The van der Waals surface area contributed by atoms with Crippen molar-refractivity contribution in [1.29, 1.82) is 0 Å². The summed E-state index contributed by atoms with van der Waals surface area (Å²) in [6.45, 7) is 0. The van der Waals surface area contributed by atoms with Crippen molar-refractivity contribution in [3.05, 3.63) is 40.3 Å². The summed E-state index contributed by atoms with van der Waals surface area (Å²) in [7, 11) is 0. The van der Waals surface area contributed by atoms with E-state index in [1.807, 2.05) is 24.3 Å². The number of carbonyl (C=O) groups excluding carboxylic acids is 1. The Balaban J connectivity index is 1.88. The van der Waals surface area contributed by atoms with Gasteiger partial charge in [0.2, 0.25) is 0 Å². The predicted octanol–water partition coefficient (Wildman–Crippen LogP) is 2.57. The van der Waals surface area contributed by atoms with E-state index in [0.717, 1.165) is 15.2 Å². The van der Waals surface area contributed by atoms with Crippen LogP contribution in [-0.4, -0.2) is 20.4 Å². The number of carbonyl (C=O) groups is 1. The number of nitrogens with zero attached hydrogens (tertiary/aromatic N) is 3. The van der Waals surface area contributed by atoms with E-state index in [1.54, 1.807) is 16.7 Å². The first kappa shape index (κ1) is 10.5. The van der Waals surface area contributed by atoms with E-state index >= 15 is 0 Å². The van der Waals surface area contributed by atoms with Crippen LogP contribution in [0, 0.1) is 0 Å². The first-order valence-corrected chi connectivity index (χ1v) is 6.63. The molecule has 0 saturated heterocycles. The highest BCUT2D eigenvalue weighted by atomic mass is 32.1. The number of aromatic nitrogens is 3. The van der Waals surface area contributed by atoms with Crippen LogP contribution in [0.1, 0.15) is 15.5 Å². The van der Waals surface area contributed by atoms with Gasteiger partial charge in [-0.25, -0.2) is 4.98 Å². The van der Waals surface area contributed by atoms with Crippen LogP contribution in [0.4, 0.5) is 0 Å². The highest BCUT2D eigenvalue weighted by Gasteiger charge is 2.12. The second kappa shape index (κ2) is 4.31. The van der Waals surface area contributed by atoms with E-state index in [-0.39, 0.29) is 5.78 Å². The number of hydrogen-bond donors (Lipinski definition) is 0. The van der Waals surface area contributed by atoms with Gasteiger partial charge in [0.25, 0.3) is 0 Å². The lowest BCUT2D eigenvalue weighted by Gasteiger charge is -1.90. The van der Waals surface area contributed by atoms with Crippen molar-refractivity contribution >= 4 is 38.9 Å². The molecule has 0 radical (unpaired) electrons. The number of Topliss-reactive ketones (excluding diaryl/α,β-unsaturated/α-hetero) is 1. The second-order valence-corrected chi connectivity index (χ2v) is 5.19. The SMILES string of the molecule is O=C(Cc1nc2ccccc2s1)c1csnn1. The van der Waals surface area contributed by atoms with Crippen LogP contribution in [0.25, 0.3) is 10.2 Å². The molecule has 0 amide bonds. The Hall–Kier alpha value is -1.66. The zero-order valence-electron chi connectivity index (χ0n) is 8.66. The van der Waals surface area contributed by atoms with Gasteiger partial charge < -0.3 is 0 Å². The fraction of sp³-hybridized carbons (Fsp3) is 0.0909. The van der Waals surface area contributed by atoms with Gasteiger partial charge in [-0.1, -0.05) is 16.6 Å². The van der Waals surface area contributed by atoms with E-state index in [4.69, 9.17) is 0 Å². The number of ketones is 1. The van der Waals surface area contributed by atoms with Crippen LogP contribution in [0.5, 0.6) is 0 Å². The Morgan fingerprint density at radius 3 is 2.94 bits per heavy atom. The topological polar surface area (TPSA) is 55.7 Å². The largest absolute Gasteiger partial charge is 0.292 e. The fourth-order valence-corrected chi connectivity index (χ4v) is 2.94. The molecule has 0 saturated carbocycles. The first-order chi connectivity index (χ1) is 8.33. The standard InChI is InChI=1S/C11H7N3OS2/c15-9(8-6-16-14-13-8)5-11-12-7-3-1-2-4-10(7)17-11/h1-4,6H,5H2. The van der Waals surface area contributed by atoms with Gasteiger partial charge in [-0.05, 0) is 23.7 Å². The minimum absolute atomic E-state index is 0.0298. The molecule has 0 fully saturated rings. The third kappa shape index (κ3) is 2.09. The quantitative estimate of drug-likeness (QED) is 0.680. The van der Waals surface area contributed by atoms with E-state index < -0.39 is 0 Å². The second-order valence-electron chi connectivity index (χ2n) is 3.47. The minimum atomic E-state index is -0.0298. The average Bonchev–Trinajstić information content (AvgIpc) is 2.97. The maximum absolute atomic E-state index is 11.8. The van der Waals surface area contributed by atoms with E-state index in [2.05, 4.69) is 14.6 Å². The number of benzene rings is 1. The molecule has 0 unspecified atom stereocenters. The lowest BCUT2D eigenvalue weighted by atomic mass is 10.2. The average molecular weight is 261 g/mol. The zero-order chi connectivity index (χ0) is 11.7. The highest BCUT2D eigenvalue weighted by molar-refractivity contribution is 7.18. The molecule has 2 aromatic heterocycles. The number of fused-ring (bicyclic) bond motifs is 1. The summed E-state index contributed by atoms with van der Waals surface area (Å²) in [4.78, 5) is 16.2. The number of thiazole rings is 1. The monoisotopic (exact) mass is 261 g/mol. The summed E-state index contributed by atoms with van der Waals surface area (Å²) in [5, 5.41) is 6.25. The third-order valence-electron chi connectivity index (χ3n) is 2.30. The maximum atomic E-state index is 11.8. The van der Waals surface area contributed by atoms with Crippen LogP contribution in [-0.2, 0) is 6.42 Å². The lowest BCUT2D eigenvalue weighted by molar-refractivity contribution is 0.0988. The van der Waals surface area contributed by atoms with Gasteiger partial charge in [0, 0.05) is 5.38 Å². The Morgan fingerprint density at radius 2 is 2.18 bits per heavy atom. The summed E-state index contributed by atoms with van der Waals surface area (Å²) < 4.78 is 4.78. The van der Waals surface area contributed by atoms with Gasteiger partial charge in [-0.15, -0.1) is 16.4 Å². The Morgan fingerprint density at radius 1 is 1.29 bits per heavy atom. The minimum Gasteiger partial charge on any atom is -0.292 e. The summed E-state index contributed by atoms with van der Waals surface area (Å²) in [6.07, 6.45) is 0.296. The molecule has 1 aromatic carbocycles. The molecule has 17 heavy (non-hydrogen) atoms. The van der Waals surface area contributed by atoms with Gasteiger partial charge in [0.15, 0.2) is 5.78 Å². The van der Waals surface area contributed by atoms with E-state index in [0.29, 0.717) is 12.1 Å². The zero-order valence-corrected chi connectivity index (χ0v) is 10.3. The lowest BCUT2D eigenvalue weighted by Crippen LogP contribution is -2.03. The van der Waals surface area contributed by atoms with Crippen molar-refractivity contribution in [2.75, 3.05) is 0 Å². The molecular formula is C11H7N3OS2. The molecule has 3 rings (SSSR count). The smallest absolute Gasteiger partial charge is 0.190 e. The highest BCUT2D eigenvalue weighted by Crippen LogP contribution is 2.22. The maximum Gasteiger partial charge on any atom is 0.190 e. The van der Waals surface area contributed by atoms with Crippen molar-refractivity contribution < 1.29 is 4.79 Å². The van der Waals surface area contributed by atoms with Crippen LogP contribution in [0.3, 0.4) is 0 Å². The summed E-state index contributed by atoms with van der Waals surface area (Å²) in [5.74, 6) is -0.0298. The molecule has 0 aliphatic heterocycles. The molecule has 2 heterocycles. The van der Waals surface area contributed by atoms with Crippen LogP contribution in [0.15, 0.2) is 29.6 Å². The van der Waals surface area contributed by atoms with Crippen LogP contribution in [0.2, 0.25) is 0 Å². The molecule has 0 bridgehead atoms. The van der Waals surface area contributed by atoms with Gasteiger partial charge >= 0.3 is 0 Å². The molecule has 0 atom stereocenters. The fourth-order valence-electron chi connectivity index (χ4n) is 1.51. The van der Waals surface area contributed by atoms with Crippen LogP contribution >= 0.6 is 22.9 Å². The van der Waals surface area contributed by atoms with Gasteiger partial charge in [0.1, 0.15) is 10.7 Å². The van der Waals surface area contributed by atoms with Gasteiger partial charge in [-0.2, -0.15) is 0 Å². The first-order valence-electron chi connectivity index (χ1n) is 4.97. The molecule has 4 nitrogen and oxygen atoms in total. The Labute approximate surface area is 105 Å². The predicted molar refractivity (Wildman–Crippen MR) is 67.6 cm³/mol. The summed E-state index contributed by atoms with van der Waals surface area (Å²) in [5.41, 5.74) is 1.37. The van der Waals surface area contributed by atoms with Crippen molar-refractivity contribution in [3.63, 3.8) is 0 Å². The number of para-hydroxylation sites is 1. The van der Waals surface area contributed by atoms with Crippen molar-refractivity contribution in [2.45, 2.75) is 6.42 Å².